The number of hydrogen-bond donors (Lipinski definition) is 3. The number of aromatic nitrogens is 3. The number of fused-ring (bicyclic) bond motifs is 1. The lowest BCUT2D eigenvalue weighted by Gasteiger charge is -2.31. The fourth-order valence-corrected chi connectivity index (χ4v) is 6.36. The van der Waals surface area contributed by atoms with Crippen molar-refractivity contribution in [3.05, 3.63) is 71.2 Å². The van der Waals surface area contributed by atoms with E-state index in [9.17, 15) is 4.79 Å². The number of rotatable bonds is 11. The van der Waals surface area contributed by atoms with Gasteiger partial charge in [-0.05, 0) is 111 Å². The maximum absolute atomic E-state index is 13.7. The second-order valence-corrected chi connectivity index (χ2v) is 13.8. The van der Waals surface area contributed by atoms with Gasteiger partial charge in [-0.2, -0.15) is 0 Å². The minimum atomic E-state index is -0.236. The summed E-state index contributed by atoms with van der Waals surface area (Å²) in [4.78, 5) is 30.3. The van der Waals surface area contributed by atoms with Gasteiger partial charge in [0, 0.05) is 23.2 Å². The number of benzene rings is 2. The molecule has 1 aliphatic heterocycles. The molecule has 0 aliphatic carbocycles. The zero-order valence-corrected chi connectivity index (χ0v) is 29.0. The molecule has 1 amide bonds. The molecule has 1 fully saturated rings. The third kappa shape index (κ3) is 7.90. The Kier molecular flexibility index (Phi) is 10.7. The van der Waals surface area contributed by atoms with Crippen molar-refractivity contribution < 1.29 is 9.53 Å². The Bertz CT molecular complexity index is 1680. The lowest BCUT2D eigenvalue weighted by Crippen LogP contribution is -2.34. The summed E-state index contributed by atoms with van der Waals surface area (Å²) in [5.74, 6) is 1.60. The second-order valence-electron chi connectivity index (χ2n) is 13.2. The monoisotopic (exact) mass is 641 g/mol. The van der Waals surface area contributed by atoms with Crippen molar-refractivity contribution >= 4 is 51.8 Å². The molecule has 0 radical (unpaired) electrons. The SMILES string of the molecule is CCCN1CCC(Cc2ccc3ncnc(Nc4cc(C(=O)Nc5cc(C(C)(C)C)cc(NSC)c5OC)ccc4C)c3n2)CC1. The van der Waals surface area contributed by atoms with E-state index in [0.717, 1.165) is 58.7 Å². The highest BCUT2D eigenvalue weighted by Crippen LogP contribution is 2.40. The van der Waals surface area contributed by atoms with E-state index in [0.29, 0.717) is 28.7 Å². The minimum Gasteiger partial charge on any atom is -0.492 e. The maximum Gasteiger partial charge on any atom is 0.255 e. The van der Waals surface area contributed by atoms with Crippen molar-refractivity contribution in [2.75, 3.05) is 48.4 Å². The summed E-state index contributed by atoms with van der Waals surface area (Å²) in [6, 6.07) is 13.8. The number of anilines is 4. The van der Waals surface area contributed by atoms with E-state index in [-0.39, 0.29) is 11.3 Å². The first kappa shape index (κ1) is 33.5. The van der Waals surface area contributed by atoms with E-state index >= 15 is 0 Å². The van der Waals surface area contributed by atoms with Crippen LogP contribution in [0, 0.1) is 12.8 Å². The molecular formula is C36H47N7O2S. The number of nitrogens with zero attached hydrogens (tertiary/aromatic N) is 4. The van der Waals surface area contributed by atoms with E-state index in [1.807, 2.05) is 43.5 Å². The number of likely N-dealkylation sites (tertiary alicyclic amines) is 1. The number of piperidine rings is 1. The van der Waals surface area contributed by atoms with Crippen LogP contribution in [0.3, 0.4) is 0 Å². The quantitative estimate of drug-likeness (QED) is 0.141. The number of carbonyl (C=O) groups excluding carboxylic acids is 1. The zero-order chi connectivity index (χ0) is 32.8. The first-order valence-electron chi connectivity index (χ1n) is 16.1. The number of hydrogen-bond acceptors (Lipinski definition) is 9. The van der Waals surface area contributed by atoms with Crippen LogP contribution < -0.4 is 20.1 Å². The maximum atomic E-state index is 13.7. The number of pyridine rings is 1. The molecule has 1 saturated heterocycles. The van der Waals surface area contributed by atoms with Crippen LogP contribution in [-0.4, -0.2) is 58.8 Å². The van der Waals surface area contributed by atoms with Gasteiger partial charge in [0.15, 0.2) is 11.6 Å². The van der Waals surface area contributed by atoms with Gasteiger partial charge in [0.25, 0.3) is 5.91 Å². The van der Waals surface area contributed by atoms with Crippen LogP contribution in [0.4, 0.5) is 22.9 Å². The first-order chi connectivity index (χ1) is 22.1. The highest BCUT2D eigenvalue weighted by molar-refractivity contribution is 7.99. The highest BCUT2D eigenvalue weighted by atomic mass is 32.2. The van der Waals surface area contributed by atoms with Crippen molar-refractivity contribution in [3.8, 4) is 5.75 Å². The number of methoxy groups -OCH3 is 1. The van der Waals surface area contributed by atoms with Crippen molar-refractivity contribution in [2.45, 2.75) is 65.7 Å². The van der Waals surface area contributed by atoms with E-state index in [2.05, 4.69) is 70.1 Å². The summed E-state index contributed by atoms with van der Waals surface area (Å²) in [6.45, 7) is 14.2. The summed E-state index contributed by atoms with van der Waals surface area (Å²) in [7, 11) is 1.61. The number of nitrogens with one attached hydrogen (secondary N) is 3. The van der Waals surface area contributed by atoms with Gasteiger partial charge < -0.3 is 25.0 Å². The summed E-state index contributed by atoms with van der Waals surface area (Å²) < 4.78 is 9.04. The summed E-state index contributed by atoms with van der Waals surface area (Å²) in [6.07, 6.45) is 8.06. The van der Waals surface area contributed by atoms with Crippen LogP contribution in [0.5, 0.6) is 5.75 Å². The van der Waals surface area contributed by atoms with Gasteiger partial charge in [-0.3, -0.25) is 4.79 Å². The predicted octanol–water partition coefficient (Wildman–Crippen LogP) is 7.99. The Balaban J connectivity index is 1.38. The standard InChI is InChI=1S/C36H47N7O2S/c1-8-15-43-16-13-24(14-17-43)18-27-11-12-28-32(39-27)34(38-22-37-28)40-29-19-25(10-9-23(29)2)35(44)41-30-20-26(36(3,4)5)21-31(42-46-7)33(30)45-6/h9-12,19-22,24,42H,8,13-18H2,1-7H3,(H,41,44)(H,37,38,40). The van der Waals surface area contributed by atoms with E-state index < -0.39 is 0 Å². The Labute approximate surface area is 277 Å². The Hall–Kier alpha value is -3.89. The number of aryl methyl sites for hydroxylation is 1. The second kappa shape index (κ2) is 14.7. The Morgan fingerprint density at radius 3 is 2.50 bits per heavy atom. The zero-order valence-electron chi connectivity index (χ0n) is 28.2. The van der Waals surface area contributed by atoms with E-state index in [4.69, 9.17) is 9.72 Å². The Morgan fingerprint density at radius 1 is 1.04 bits per heavy atom. The first-order valence-corrected chi connectivity index (χ1v) is 17.4. The smallest absolute Gasteiger partial charge is 0.255 e. The fourth-order valence-electron chi connectivity index (χ4n) is 5.99. The normalized spacial score (nSPS) is 14.3. The lowest BCUT2D eigenvalue weighted by molar-refractivity contribution is 0.102. The highest BCUT2D eigenvalue weighted by Gasteiger charge is 2.22. The van der Waals surface area contributed by atoms with Crippen molar-refractivity contribution in [3.63, 3.8) is 0 Å². The molecule has 5 rings (SSSR count). The van der Waals surface area contributed by atoms with Crippen LogP contribution in [0.1, 0.15) is 74.1 Å². The molecule has 1 aliphatic rings. The molecule has 4 aromatic rings. The van der Waals surface area contributed by atoms with Crippen molar-refractivity contribution in [1.29, 1.82) is 0 Å². The molecule has 0 unspecified atom stereocenters. The molecule has 0 bridgehead atoms. The van der Waals surface area contributed by atoms with Gasteiger partial charge in [-0.1, -0.05) is 45.7 Å². The average Bonchev–Trinajstić information content (AvgIpc) is 3.03. The molecule has 2 aromatic heterocycles. The van der Waals surface area contributed by atoms with Crippen LogP contribution in [0.2, 0.25) is 0 Å². The summed E-state index contributed by atoms with van der Waals surface area (Å²) >= 11 is 1.48. The topological polar surface area (TPSA) is 104 Å². The average molecular weight is 642 g/mol. The fraction of sp³-hybridized carbons (Fsp3) is 0.444. The molecule has 46 heavy (non-hydrogen) atoms. The lowest BCUT2D eigenvalue weighted by atomic mass is 9.86. The molecule has 0 spiro atoms. The van der Waals surface area contributed by atoms with E-state index in [1.165, 1.54) is 37.8 Å². The molecule has 0 atom stereocenters. The largest absolute Gasteiger partial charge is 0.492 e. The van der Waals surface area contributed by atoms with Crippen LogP contribution in [0.15, 0.2) is 48.8 Å². The van der Waals surface area contributed by atoms with Crippen LogP contribution >= 0.6 is 11.9 Å². The number of amides is 1. The molecule has 2 aromatic carbocycles. The molecule has 3 heterocycles. The molecular weight excluding hydrogens is 595 g/mol. The van der Waals surface area contributed by atoms with Crippen LogP contribution in [-0.2, 0) is 11.8 Å². The number of ether oxygens (including phenoxy) is 1. The van der Waals surface area contributed by atoms with Gasteiger partial charge in [0.1, 0.15) is 11.8 Å². The van der Waals surface area contributed by atoms with Gasteiger partial charge in [-0.25, -0.2) is 15.0 Å². The van der Waals surface area contributed by atoms with Gasteiger partial charge in [-0.15, -0.1) is 0 Å². The molecule has 3 N–H and O–H groups in total. The molecule has 9 nitrogen and oxygen atoms in total. The van der Waals surface area contributed by atoms with Crippen LogP contribution in [0.25, 0.3) is 11.0 Å². The van der Waals surface area contributed by atoms with Crippen molar-refractivity contribution in [1.82, 2.24) is 19.9 Å². The number of carbonyl (C=O) groups is 1. The summed E-state index contributed by atoms with van der Waals surface area (Å²) in [5.41, 5.74) is 7.23. The molecule has 244 valence electrons. The van der Waals surface area contributed by atoms with Crippen molar-refractivity contribution in [2.24, 2.45) is 5.92 Å². The Morgan fingerprint density at radius 2 is 1.80 bits per heavy atom. The predicted molar refractivity (Wildman–Crippen MR) is 192 cm³/mol. The van der Waals surface area contributed by atoms with E-state index in [1.54, 1.807) is 13.4 Å². The third-order valence-corrected chi connectivity index (χ3v) is 9.08. The molecule has 10 heteroatoms. The molecule has 0 saturated carbocycles. The van der Waals surface area contributed by atoms with Gasteiger partial charge >= 0.3 is 0 Å². The third-order valence-electron chi connectivity index (χ3n) is 8.66. The minimum absolute atomic E-state index is 0.123. The van der Waals surface area contributed by atoms with Gasteiger partial charge in [0.2, 0.25) is 0 Å². The summed E-state index contributed by atoms with van der Waals surface area (Å²) in [5, 5.41) is 6.57. The van der Waals surface area contributed by atoms with Gasteiger partial charge in [0.05, 0.1) is 24.0 Å².